The highest BCUT2D eigenvalue weighted by Crippen LogP contribution is 2.39. The minimum absolute atomic E-state index is 0.0525. The molecule has 0 aromatic carbocycles. The Hall–Kier alpha value is -1.79. The second-order valence-electron chi connectivity index (χ2n) is 4.39. The van der Waals surface area contributed by atoms with E-state index in [4.69, 9.17) is 5.11 Å². The summed E-state index contributed by atoms with van der Waals surface area (Å²) in [5.41, 5.74) is -1.28. The summed E-state index contributed by atoms with van der Waals surface area (Å²) in [6, 6.07) is -0.681. The van der Waals surface area contributed by atoms with Gasteiger partial charge in [0.25, 0.3) is 0 Å². The molecule has 1 fully saturated rings. The molecule has 1 saturated carbocycles. The summed E-state index contributed by atoms with van der Waals surface area (Å²) in [7, 11) is 0. The molecule has 1 atom stereocenters. The molecule has 0 radical (unpaired) electrons. The lowest BCUT2D eigenvalue weighted by molar-refractivity contribution is -0.144. The zero-order chi connectivity index (χ0) is 13.8. The molecule has 0 aromatic rings. The number of amides is 2. The molecule has 102 valence electrons. The fourth-order valence-electron chi connectivity index (χ4n) is 1.64. The van der Waals surface area contributed by atoms with E-state index in [1.54, 1.807) is 6.92 Å². The van der Waals surface area contributed by atoms with Crippen molar-refractivity contribution >= 4 is 18.0 Å². The summed E-state index contributed by atoms with van der Waals surface area (Å²) in [6.07, 6.45) is 1.56. The summed E-state index contributed by atoms with van der Waals surface area (Å²) in [5.74, 6) is -1.68. The zero-order valence-corrected chi connectivity index (χ0v) is 10.5. The van der Waals surface area contributed by atoms with E-state index in [0.29, 0.717) is 0 Å². The summed E-state index contributed by atoms with van der Waals surface area (Å²) in [6.45, 7) is 3.08. The fourth-order valence-corrected chi connectivity index (χ4v) is 1.64. The van der Waals surface area contributed by atoms with Crippen LogP contribution in [0.5, 0.6) is 0 Å². The number of hydrogen-bond acceptors (Lipinski definition) is 4. The van der Waals surface area contributed by atoms with E-state index >= 15 is 0 Å². The van der Waals surface area contributed by atoms with Crippen LogP contribution in [0.25, 0.3) is 0 Å². The summed E-state index contributed by atoms with van der Waals surface area (Å²) in [5, 5.41) is 13.8. The van der Waals surface area contributed by atoms with Crippen molar-refractivity contribution in [3.63, 3.8) is 0 Å². The van der Waals surface area contributed by atoms with Gasteiger partial charge in [0, 0.05) is 0 Å². The quantitative estimate of drug-likeness (QED) is 0.586. The topological polar surface area (TPSA) is 105 Å². The molecule has 3 N–H and O–H groups in total. The van der Waals surface area contributed by atoms with Crippen molar-refractivity contribution in [2.45, 2.75) is 32.2 Å². The standard InChI is InChI=1S/C11H18N2O5/c1-3-18-8(14)6-12-10(17)13-11(2,9(15)16)7-4-5-7/h7H,3-6H2,1-2H3,(H,15,16)(H2,12,13,17). The number of esters is 1. The molecule has 18 heavy (non-hydrogen) atoms. The molecular weight excluding hydrogens is 240 g/mol. The largest absolute Gasteiger partial charge is 0.480 e. The van der Waals surface area contributed by atoms with Crippen LogP contribution in [0.15, 0.2) is 0 Å². The van der Waals surface area contributed by atoms with Crippen LogP contribution in [-0.4, -0.2) is 41.8 Å². The molecule has 0 saturated heterocycles. The molecule has 0 bridgehead atoms. The van der Waals surface area contributed by atoms with Gasteiger partial charge in [-0.3, -0.25) is 4.79 Å². The minimum Gasteiger partial charge on any atom is -0.480 e. The van der Waals surface area contributed by atoms with E-state index in [1.807, 2.05) is 0 Å². The SMILES string of the molecule is CCOC(=O)CNC(=O)NC(C)(C(=O)O)C1CC1. The number of aliphatic carboxylic acids is 1. The zero-order valence-electron chi connectivity index (χ0n) is 10.5. The van der Waals surface area contributed by atoms with Gasteiger partial charge in [-0.25, -0.2) is 9.59 Å². The first-order valence-electron chi connectivity index (χ1n) is 5.85. The van der Waals surface area contributed by atoms with Gasteiger partial charge in [-0.2, -0.15) is 0 Å². The summed E-state index contributed by atoms with van der Waals surface area (Å²) >= 11 is 0. The van der Waals surface area contributed by atoms with Crippen LogP contribution in [0, 0.1) is 5.92 Å². The Morgan fingerprint density at radius 2 is 2.00 bits per heavy atom. The number of rotatable bonds is 6. The Kier molecular flexibility index (Phi) is 4.52. The van der Waals surface area contributed by atoms with Gasteiger partial charge in [0.05, 0.1) is 6.61 Å². The van der Waals surface area contributed by atoms with Crippen molar-refractivity contribution in [3.8, 4) is 0 Å². The van der Waals surface area contributed by atoms with E-state index in [0.717, 1.165) is 12.8 Å². The predicted octanol–water partition coefficient (Wildman–Crippen LogP) is 0.102. The average molecular weight is 258 g/mol. The third-order valence-corrected chi connectivity index (χ3v) is 2.91. The lowest BCUT2D eigenvalue weighted by Crippen LogP contribution is -2.57. The number of carboxylic acids is 1. The van der Waals surface area contributed by atoms with Crippen molar-refractivity contribution < 1.29 is 24.2 Å². The first-order chi connectivity index (χ1) is 8.40. The van der Waals surface area contributed by atoms with Gasteiger partial charge in [-0.1, -0.05) is 0 Å². The molecular formula is C11H18N2O5. The number of nitrogens with one attached hydrogen (secondary N) is 2. The number of ether oxygens (including phenoxy) is 1. The van der Waals surface area contributed by atoms with E-state index in [1.165, 1.54) is 6.92 Å². The highest BCUT2D eigenvalue weighted by molar-refractivity contribution is 5.88. The van der Waals surface area contributed by atoms with Crippen molar-refractivity contribution in [3.05, 3.63) is 0 Å². The molecule has 7 nitrogen and oxygen atoms in total. The van der Waals surface area contributed by atoms with Crippen molar-refractivity contribution in [1.29, 1.82) is 0 Å². The first-order valence-corrected chi connectivity index (χ1v) is 5.85. The van der Waals surface area contributed by atoms with Crippen molar-refractivity contribution in [1.82, 2.24) is 10.6 Å². The number of carbonyl (C=O) groups excluding carboxylic acids is 2. The van der Waals surface area contributed by atoms with Gasteiger partial charge in [-0.15, -0.1) is 0 Å². The Bertz CT molecular complexity index is 353. The molecule has 1 unspecified atom stereocenters. The molecule has 0 aromatic heterocycles. The second kappa shape index (κ2) is 5.70. The van der Waals surface area contributed by atoms with Gasteiger partial charge in [0.2, 0.25) is 0 Å². The van der Waals surface area contributed by atoms with E-state index in [-0.39, 0.29) is 19.1 Å². The van der Waals surface area contributed by atoms with Crippen LogP contribution >= 0.6 is 0 Å². The van der Waals surface area contributed by atoms with Crippen LogP contribution in [0.3, 0.4) is 0 Å². The van der Waals surface area contributed by atoms with Crippen LogP contribution in [0.4, 0.5) is 4.79 Å². The number of urea groups is 1. The molecule has 1 aliphatic carbocycles. The average Bonchev–Trinajstić information content (AvgIpc) is 3.10. The van der Waals surface area contributed by atoms with Crippen molar-refractivity contribution in [2.24, 2.45) is 5.92 Å². The van der Waals surface area contributed by atoms with E-state index in [9.17, 15) is 14.4 Å². The molecule has 0 spiro atoms. The maximum Gasteiger partial charge on any atom is 0.329 e. The molecule has 1 rings (SSSR count). The first kappa shape index (κ1) is 14.3. The van der Waals surface area contributed by atoms with Gasteiger partial charge in [0.1, 0.15) is 12.1 Å². The maximum absolute atomic E-state index is 11.5. The lowest BCUT2D eigenvalue weighted by atomic mass is 9.96. The van der Waals surface area contributed by atoms with E-state index in [2.05, 4.69) is 15.4 Å². The maximum atomic E-state index is 11.5. The normalized spacial score (nSPS) is 17.4. The smallest absolute Gasteiger partial charge is 0.329 e. The highest BCUT2D eigenvalue weighted by atomic mass is 16.5. The molecule has 2 amide bonds. The van der Waals surface area contributed by atoms with E-state index < -0.39 is 23.5 Å². The third-order valence-electron chi connectivity index (χ3n) is 2.91. The monoisotopic (exact) mass is 258 g/mol. The van der Waals surface area contributed by atoms with Crippen LogP contribution < -0.4 is 10.6 Å². The van der Waals surface area contributed by atoms with Crippen molar-refractivity contribution in [2.75, 3.05) is 13.2 Å². The Labute approximate surface area is 105 Å². The number of carbonyl (C=O) groups is 3. The van der Waals surface area contributed by atoms with Crippen LogP contribution in [0.2, 0.25) is 0 Å². The minimum atomic E-state index is -1.28. The van der Waals surface area contributed by atoms with Crippen LogP contribution in [0.1, 0.15) is 26.7 Å². The van der Waals surface area contributed by atoms with Gasteiger partial charge >= 0.3 is 18.0 Å². The van der Waals surface area contributed by atoms with Gasteiger partial charge in [0.15, 0.2) is 0 Å². The van der Waals surface area contributed by atoms with Gasteiger partial charge in [-0.05, 0) is 32.6 Å². The molecule has 0 heterocycles. The fraction of sp³-hybridized carbons (Fsp3) is 0.727. The second-order valence-corrected chi connectivity index (χ2v) is 4.39. The predicted molar refractivity (Wildman–Crippen MR) is 61.9 cm³/mol. The highest BCUT2D eigenvalue weighted by Gasteiger charge is 2.48. The third kappa shape index (κ3) is 3.61. The Morgan fingerprint density at radius 1 is 1.39 bits per heavy atom. The van der Waals surface area contributed by atoms with Crippen LogP contribution in [-0.2, 0) is 14.3 Å². The molecule has 1 aliphatic rings. The molecule has 0 aliphatic heterocycles. The summed E-state index contributed by atoms with van der Waals surface area (Å²) < 4.78 is 4.63. The number of carboxylic acid groups (broad SMARTS) is 1. The summed E-state index contributed by atoms with van der Waals surface area (Å²) in [4.78, 5) is 33.7. The van der Waals surface area contributed by atoms with Gasteiger partial charge < -0.3 is 20.5 Å². The Morgan fingerprint density at radius 3 is 2.44 bits per heavy atom. The lowest BCUT2D eigenvalue weighted by Gasteiger charge is -2.26. The molecule has 7 heteroatoms. The number of hydrogen-bond donors (Lipinski definition) is 3. The Balaban J connectivity index is 2.43.